The van der Waals surface area contributed by atoms with Gasteiger partial charge in [0.1, 0.15) is 6.04 Å². The normalized spacial score (nSPS) is 14.6. The van der Waals surface area contributed by atoms with E-state index in [1.807, 2.05) is 24.3 Å². The summed E-state index contributed by atoms with van der Waals surface area (Å²) in [5.74, 6) is -1.03. The minimum absolute atomic E-state index is 0.233. The van der Waals surface area contributed by atoms with Gasteiger partial charge in [-0.1, -0.05) is 28.1 Å². The standard InChI is InChI=1S/C10H13BrN2O2/c11-7-3-1-6(2-4-7)8(12)5-9(13)10(14)15/h1-4,8-9H,5,12-13H2,(H,14,15)/t8-,9-/m0/s1. The van der Waals surface area contributed by atoms with Crippen molar-refractivity contribution in [3.05, 3.63) is 34.3 Å². The summed E-state index contributed by atoms with van der Waals surface area (Å²) in [6.45, 7) is 0. The Kier molecular flexibility index (Phi) is 4.26. The molecule has 0 bridgehead atoms. The largest absolute Gasteiger partial charge is 0.480 e. The van der Waals surface area contributed by atoms with Crippen LogP contribution in [0, 0.1) is 0 Å². The van der Waals surface area contributed by atoms with Crippen molar-refractivity contribution in [1.29, 1.82) is 0 Å². The van der Waals surface area contributed by atoms with Crippen LogP contribution in [0.1, 0.15) is 18.0 Å². The Bertz CT molecular complexity index is 340. The van der Waals surface area contributed by atoms with Crippen molar-refractivity contribution < 1.29 is 9.90 Å². The molecule has 0 heterocycles. The molecule has 0 spiro atoms. The third kappa shape index (κ3) is 3.62. The highest BCUT2D eigenvalue weighted by Gasteiger charge is 2.16. The van der Waals surface area contributed by atoms with Crippen molar-refractivity contribution >= 4 is 21.9 Å². The Balaban J connectivity index is 2.64. The molecule has 0 radical (unpaired) electrons. The molecular formula is C10H13BrN2O2. The second kappa shape index (κ2) is 5.25. The minimum Gasteiger partial charge on any atom is -0.480 e. The summed E-state index contributed by atoms with van der Waals surface area (Å²) in [6, 6.07) is 6.17. The number of carboxylic acid groups (broad SMARTS) is 1. The highest BCUT2D eigenvalue weighted by molar-refractivity contribution is 9.10. The van der Waals surface area contributed by atoms with Crippen molar-refractivity contribution in [2.75, 3.05) is 0 Å². The number of nitrogens with two attached hydrogens (primary N) is 2. The van der Waals surface area contributed by atoms with Gasteiger partial charge in [-0.3, -0.25) is 4.79 Å². The first-order valence-corrected chi connectivity index (χ1v) is 5.29. The molecule has 5 heteroatoms. The molecule has 0 saturated carbocycles. The Morgan fingerprint density at radius 3 is 2.33 bits per heavy atom. The quantitative estimate of drug-likeness (QED) is 0.770. The molecule has 5 N–H and O–H groups in total. The van der Waals surface area contributed by atoms with Gasteiger partial charge in [-0.25, -0.2) is 0 Å². The SMILES string of the molecule is N[C@@H](C[C@H](N)c1ccc(Br)cc1)C(=O)O. The van der Waals surface area contributed by atoms with Gasteiger partial charge in [-0.05, 0) is 24.1 Å². The van der Waals surface area contributed by atoms with E-state index in [-0.39, 0.29) is 12.5 Å². The van der Waals surface area contributed by atoms with Crippen molar-refractivity contribution in [1.82, 2.24) is 0 Å². The molecule has 82 valence electrons. The molecule has 0 aliphatic rings. The molecule has 0 fully saturated rings. The van der Waals surface area contributed by atoms with Crippen LogP contribution >= 0.6 is 15.9 Å². The molecule has 1 rings (SSSR count). The van der Waals surface area contributed by atoms with Crippen molar-refractivity contribution in [2.45, 2.75) is 18.5 Å². The molecule has 0 unspecified atom stereocenters. The van der Waals surface area contributed by atoms with Gasteiger partial charge in [-0.15, -0.1) is 0 Å². The average Bonchev–Trinajstić information content (AvgIpc) is 2.18. The number of hydrogen-bond acceptors (Lipinski definition) is 3. The van der Waals surface area contributed by atoms with Crippen molar-refractivity contribution in [3.8, 4) is 0 Å². The predicted octanol–water partition coefficient (Wildman–Crippen LogP) is 1.25. The maximum absolute atomic E-state index is 10.5. The summed E-state index contributed by atoms with van der Waals surface area (Å²) in [7, 11) is 0. The number of halogens is 1. The van der Waals surface area contributed by atoms with E-state index in [4.69, 9.17) is 16.6 Å². The van der Waals surface area contributed by atoms with Gasteiger partial charge >= 0.3 is 5.97 Å². The van der Waals surface area contributed by atoms with Crippen LogP contribution in [0.5, 0.6) is 0 Å². The maximum atomic E-state index is 10.5. The van der Waals surface area contributed by atoms with Crippen molar-refractivity contribution in [3.63, 3.8) is 0 Å². The van der Waals surface area contributed by atoms with E-state index >= 15 is 0 Å². The van der Waals surface area contributed by atoms with Crippen molar-refractivity contribution in [2.24, 2.45) is 11.5 Å². The molecule has 0 amide bonds. The Hall–Kier alpha value is -0.910. The second-order valence-corrected chi connectivity index (χ2v) is 4.25. The summed E-state index contributed by atoms with van der Waals surface area (Å²) in [4.78, 5) is 10.5. The van der Waals surface area contributed by atoms with Crippen LogP contribution in [0.25, 0.3) is 0 Å². The highest BCUT2D eigenvalue weighted by Crippen LogP contribution is 2.18. The first kappa shape index (κ1) is 12.2. The van der Waals surface area contributed by atoms with E-state index in [1.54, 1.807) is 0 Å². The third-order valence-electron chi connectivity index (χ3n) is 2.12. The van der Waals surface area contributed by atoms with E-state index in [0.29, 0.717) is 0 Å². The topological polar surface area (TPSA) is 89.3 Å². The van der Waals surface area contributed by atoms with E-state index in [2.05, 4.69) is 15.9 Å². The fourth-order valence-corrected chi connectivity index (χ4v) is 1.48. The van der Waals surface area contributed by atoms with Gasteiger partial charge in [-0.2, -0.15) is 0 Å². The van der Waals surface area contributed by atoms with E-state index in [1.165, 1.54) is 0 Å². The number of carboxylic acids is 1. The first-order chi connectivity index (χ1) is 7.00. The Labute approximate surface area is 96.4 Å². The molecule has 0 aliphatic carbocycles. The highest BCUT2D eigenvalue weighted by atomic mass is 79.9. The summed E-state index contributed by atoms with van der Waals surface area (Å²) >= 11 is 3.31. The monoisotopic (exact) mass is 272 g/mol. The molecular weight excluding hydrogens is 260 g/mol. The number of aliphatic carboxylic acids is 1. The minimum atomic E-state index is -1.03. The fourth-order valence-electron chi connectivity index (χ4n) is 1.22. The molecule has 0 aromatic heterocycles. The lowest BCUT2D eigenvalue weighted by molar-refractivity contribution is -0.138. The molecule has 0 aliphatic heterocycles. The predicted molar refractivity (Wildman–Crippen MR) is 61.3 cm³/mol. The summed E-state index contributed by atoms with van der Waals surface area (Å²) < 4.78 is 0.959. The summed E-state index contributed by atoms with van der Waals surface area (Å²) in [5.41, 5.74) is 12.1. The van der Waals surface area contributed by atoms with Crippen LogP contribution in [-0.2, 0) is 4.79 Å². The van der Waals surface area contributed by atoms with Gasteiger partial charge in [0, 0.05) is 10.5 Å². The van der Waals surface area contributed by atoms with Crippen LogP contribution in [0.3, 0.4) is 0 Å². The van der Waals surface area contributed by atoms with Crippen LogP contribution < -0.4 is 11.5 Å². The Morgan fingerprint density at radius 1 is 1.33 bits per heavy atom. The van der Waals surface area contributed by atoms with E-state index in [9.17, 15) is 4.79 Å². The average molecular weight is 273 g/mol. The number of benzene rings is 1. The number of carbonyl (C=O) groups is 1. The van der Waals surface area contributed by atoms with E-state index < -0.39 is 12.0 Å². The molecule has 1 aromatic rings. The first-order valence-electron chi connectivity index (χ1n) is 4.50. The zero-order valence-electron chi connectivity index (χ0n) is 8.06. The van der Waals surface area contributed by atoms with Gasteiger partial charge in [0.15, 0.2) is 0 Å². The Morgan fingerprint density at radius 2 is 1.87 bits per heavy atom. The number of rotatable bonds is 4. The van der Waals surface area contributed by atoms with Gasteiger partial charge < -0.3 is 16.6 Å². The van der Waals surface area contributed by atoms with Gasteiger partial charge in [0.25, 0.3) is 0 Å². The number of hydrogen-bond donors (Lipinski definition) is 3. The van der Waals surface area contributed by atoms with Gasteiger partial charge in [0.05, 0.1) is 0 Å². The lowest BCUT2D eigenvalue weighted by atomic mass is 10.0. The maximum Gasteiger partial charge on any atom is 0.320 e. The van der Waals surface area contributed by atoms with Crippen LogP contribution in [0.15, 0.2) is 28.7 Å². The second-order valence-electron chi connectivity index (χ2n) is 3.34. The fraction of sp³-hybridized carbons (Fsp3) is 0.300. The zero-order chi connectivity index (χ0) is 11.4. The summed E-state index contributed by atoms with van der Waals surface area (Å²) in [5, 5.41) is 8.63. The van der Waals surface area contributed by atoms with E-state index in [0.717, 1.165) is 10.0 Å². The third-order valence-corrected chi connectivity index (χ3v) is 2.65. The molecule has 15 heavy (non-hydrogen) atoms. The lowest BCUT2D eigenvalue weighted by Crippen LogP contribution is -2.33. The molecule has 4 nitrogen and oxygen atoms in total. The summed E-state index contributed by atoms with van der Waals surface area (Å²) in [6.07, 6.45) is 0.233. The van der Waals surface area contributed by atoms with Crippen LogP contribution in [-0.4, -0.2) is 17.1 Å². The molecule has 0 saturated heterocycles. The van der Waals surface area contributed by atoms with Gasteiger partial charge in [0.2, 0.25) is 0 Å². The smallest absolute Gasteiger partial charge is 0.320 e. The molecule has 2 atom stereocenters. The molecule has 1 aromatic carbocycles. The zero-order valence-corrected chi connectivity index (χ0v) is 9.65. The van der Waals surface area contributed by atoms with Crippen LogP contribution in [0.4, 0.5) is 0 Å². The van der Waals surface area contributed by atoms with Crippen LogP contribution in [0.2, 0.25) is 0 Å². The lowest BCUT2D eigenvalue weighted by Gasteiger charge is -2.14.